The number of aliphatic hydroxyl groups excluding tert-OH is 1. The van der Waals surface area contributed by atoms with Gasteiger partial charge in [-0.3, -0.25) is 9.48 Å². The van der Waals surface area contributed by atoms with Crippen LogP contribution in [0.1, 0.15) is 41.4 Å². The maximum absolute atomic E-state index is 11.8. The summed E-state index contributed by atoms with van der Waals surface area (Å²) in [5.41, 5.74) is 5.68. The van der Waals surface area contributed by atoms with Gasteiger partial charge in [0.15, 0.2) is 0 Å². The Morgan fingerprint density at radius 1 is 1.25 bits per heavy atom. The Bertz CT molecular complexity index is 687. The molecule has 0 bridgehead atoms. The van der Waals surface area contributed by atoms with Crippen molar-refractivity contribution in [3.8, 4) is 0 Å². The van der Waals surface area contributed by atoms with E-state index in [1.54, 1.807) is 6.92 Å². The van der Waals surface area contributed by atoms with Gasteiger partial charge in [0.2, 0.25) is 5.91 Å². The lowest BCUT2D eigenvalue weighted by Gasteiger charge is -2.08. The Labute approximate surface area is 143 Å². The largest absolute Gasteiger partial charge is 0.392 e. The fraction of sp³-hybridized carbons (Fsp3) is 0.474. The maximum Gasteiger partial charge on any atom is 0.220 e. The predicted molar refractivity (Wildman–Crippen MR) is 95.0 cm³/mol. The second-order valence-corrected chi connectivity index (χ2v) is 6.45. The van der Waals surface area contributed by atoms with Crippen molar-refractivity contribution in [1.82, 2.24) is 15.1 Å². The van der Waals surface area contributed by atoms with Gasteiger partial charge in [0.05, 0.1) is 18.3 Å². The zero-order valence-corrected chi connectivity index (χ0v) is 15.0. The highest BCUT2D eigenvalue weighted by Gasteiger charge is 2.13. The molecule has 0 aliphatic carbocycles. The van der Waals surface area contributed by atoms with E-state index >= 15 is 0 Å². The van der Waals surface area contributed by atoms with Gasteiger partial charge < -0.3 is 10.4 Å². The van der Waals surface area contributed by atoms with Crippen molar-refractivity contribution >= 4 is 5.91 Å². The fourth-order valence-electron chi connectivity index (χ4n) is 2.70. The second kappa shape index (κ2) is 8.11. The van der Waals surface area contributed by atoms with Gasteiger partial charge in [0, 0.05) is 18.7 Å². The van der Waals surface area contributed by atoms with Gasteiger partial charge in [0.25, 0.3) is 0 Å². The summed E-state index contributed by atoms with van der Waals surface area (Å²) in [6.07, 6.45) is 0.552. The first-order chi connectivity index (χ1) is 11.4. The average molecular weight is 329 g/mol. The Hall–Kier alpha value is -2.14. The van der Waals surface area contributed by atoms with E-state index in [2.05, 4.69) is 48.5 Å². The highest BCUT2D eigenvalue weighted by atomic mass is 16.3. The molecule has 5 nitrogen and oxygen atoms in total. The van der Waals surface area contributed by atoms with Crippen molar-refractivity contribution in [2.24, 2.45) is 0 Å². The smallest absolute Gasteiger partial charge is 0.220 e. The first kappa shape index (κ1) is 18.2. The average Bonchev–Trinajstić information content (AvgIpc) is 2.79. The molecule has 2 aromatic rings. The van der Waals surface area contributed by atoms with E-state index in [0.717, 1.165) is 23.5 Å². The van der Waals surface area contributed by atoms with Gasteiger partial charge >= 0.3 is 0 Å². The molecule has 24 heavy (non-hydrogen) atoms. The summed E-state index contributed by atoms with van der Waals surface area (Å²) in [4.78, 5) is 11.8. The number of aryl methyl sites for hydroxylation is 2. The van der Waals surface area contributed by atoms with Crippen molar-refractivity contribution in [3.05, 3.63) is 52.3 Å². The number of nitrogens with zero attached hydrogens (tertiary/aromatic N) is 2. The third-order valence-corrected chi connectivity index (χ3v) is 4.18. The van der Waals surface area contributed by atoms with Gasteiger partial charge in [-0.05, 0) is 45.2 Å². The van der Waals surface area contributed by atoms with Crippen LogP contribution in [0, 0.1) is 20.8 Å². The lowest BCUT2D eigenvalue weighted by molar-refractivity contribution is -0.121. The second-order valence-electron chi connectivity index (χ2n) is 6.45. The van der Waals surface area contributed by atoms with E-state index in [1.165, 1.54) is 11.1 Å². The molecule has 1 atom stereocenters. The summed E-state index contributed by atoms with van der Waals surface area (Å²) in [5.74, 6) is -0.0408. The van der Waals surface area contributed by atoms with Gasteiger partial charge in [-0.15, -0.1) is 0 Å². The number of amides is 1. The molecule has 1 aromatic heterocycles. The van der Waals surface area contributed by atoms with Crippen molar-refractivity contribution < 1.29 is 9.90 Å². The lowest BCUT2D eigenvalue weighted by atomic mass is 10.1. The molecule has 0 aliphatic heterocycles. The number of rotatable bonds is 7. The van der Waals surface area contributed by atoms with E-state index in [-0.39, 0.29) is 5.91 Å². The number of hydrogen-bond donors (Lipinski definition) is 2. The van der Waals surface area contributed by atoms with Gasteiger partial charge in [-0.1, -0.05) is 29.8 Å². The van der Waals surface area contributed by atoms with Crippen LogP contribution in [0.3, 0.4) is 0 Å². The zero-order valence-electron chi connectivity index (χ0n) is 15.0. The predicted octanol–water partition coefficient (Wildman–Crippen LogP) is 2.29. The lowest BCUT2D eigenvalue weighted by Crippen LogP contribution is -2.30. The zero-order chi connectivity index (χ0) is 17.7. The third kappa shape index (κ3) is 4.93. The third-order valence-electron chi connectivity index (χ3n) is 4.18. The maximum atomic E-state index is 11.8. The Morgan fingerprint density at radius 2 is 1.92 bits per heavy atom. The summed E-state index contributed by atoms with van der Waals surface area (Å²) < 4.78 is 2.00. The first-order valence-corrected chi connectivity index (χ1v) is 8.40. The molecule has 1 heterocycles. The van der Waals surface area contributed by atoms with Crippen molar-refractivity contribution in [2.45, 2.75) is 53.2 Å². The molecule has 2 rings (SSSR count). The molecular weight excluding hydrogens is 302 g/mol. The summed E-state index contributed by atoms with van der Waals surface area (Å²) in [6.45, 7) is 8.81. The minimum atomic E-state index is -0.519. The summed E-state index contributed by atoms with van der Waals surface area (Å²) in [5, 5.41) is 16.6. The van der Waals surface area contributed by atoms with Crippen LogP contribution in [0.4, 0.5) is 0 Å². The van der Waals surface area contributed by atoms with Crippen LogP contribution < -0.4 is 5.32 Å². The van der Waals surface area contributed by atoms with Gasteiger partial charge in [0.1, 0.15) is 0 Å². The number of aliphatic hydroxyl groups is 1. The molecule has 5 heteroatoms. The fourth-order valence-corrected chi connectivity index (χ4v) is 2.70. The molecule has 2 N–H and O–H groups in total. The van der Waals surface area contributed by atoms with Crippen LogP contribution in [0.2, 0.25) is 0 Å². The van der Waals surface area contributed by atoms with Crippen molar-refractivity contribution in [3.63, 3.8) is 0 Å². The number of carbonyl (C=O) groups is 1. The number of hydrogen-bond acceptors (Lipinski definition) is 3. The van der Waals surface area contributed by atoms with E-state index in [0.29, 0.717) is 19.4 Å². The van der Waals surface area contributed by atoms with Crippen LogP contribution in [0.5, 0.6) is 0 Å². The van der Waals surface area contributed by atoms with Crippen molar-refractivity contribution in [1.29, 1.82) is 0 Å². The molecule has 0 saturated heterocycles. The highest BCUT2D eigenvalue weighted by molar-refractivity contribution is 5.76. The quantitative estimate of drug-likeness (QED) is 0.819. The van der Waals surface area contributed by atoms with Crippen LogP contribution in [-0.2, 0) is 17.8 Å². The van der Waals surface area contributed by atoms with Crippen LogP contribution in [-0.4, -0.2) is 33.4 Å². The van der Waals surface area contributed by atoms with Crippen LogP contribution in [0.15, 0.2) is 24.3 Å². The molecule has 130 valence electrons. The summed E-state index contributed by atoms with van der Waals surface area (Å²) >= 11 is 0. The standard InChI is InChI=1S/C19H27N3O2/c1-13-5-7-17(8-6-13)12-22-16(4)18(15(3)21-22)9-10-19(24)20-11-14(2)23/h5-8,14,23H,9-12H2,1-4H3,(H,20,24). The molecular formula is C19H27N3O2. The van der Waals surface area contributed by atoms with E-state index in [4.69, 9.17) is 0 Å². The first-order valence-electron chi connectivity index (χ1n) is 8.40. The normalized spacial score (nSPS) is 12.2. The van der Waals surface area contributed by atoms with Gasteiger partial charge in [-0.25, -0.2) is 0 Å². The Balaban J connectivity index is 2.00. The Kier molecular flexibility index (Phi) is 6.15. The van der Waals surface area contributed by atoms with E-state index in [9.17, 15) is 9.90 Å². The number of carbonyl (C=O) groups excluding carboxylic acids is 1. The number of benzene rings is 1. The molecule has 1 amide bonds. The van der Waals surface area contributed by atoms with Gasteiger partial charge in [-0.2, -0.15) is 5.10 Å². The molecule has 1 unspecified atom stereocenters. The molecule has 1 aromatic carbocycles. The minimum absolute atomic E-state index is 0.0408. The number of nitrogens with one attached hydrogen (secondary N) is 1. The molecule has 0 spiro atoms. The molecule has 0 radical (unpaired) electrons. The van der Waals surface area contributed by atoms with E-state index < -0.39 is 6.10 Å². The monoisotopic (exact) mass is 329 g/mol. The van der Waals surface area contributed by atoms with Crippen LogP contribution in [0.25, 0.3) is 0 Å². The molecule has 0 saturated carbocycles. The highest BCUT2D eigenvalue weighted by Crippen LogP contribution is 2.17. The summed E-state index contributed by atoms with van der Waals surface area (Å²) in [7, 11) is 0. The molecule has 0 aliphatic rings. The topological polar surface area (TPSA) is 67.2 Å². The summed E-state index contributed by atoms with van der Waals surface area (Å²) in [6, 6.07) is 8.45. The minimum Gasteiger partial charge on any atom is -0.392 e. The molecule has 0 fully saturated rings. The SMILES string of the molecule is Cc1ccc(Cn2nc(C)c(CCC(=O)NCC(C)O)c2C)cc1. The van der Waals surface area contributed by atoms with E-state index in [1.807, 2.05) is 11.6 Å². The Morgan fingerprint density at radius 3 is 2.54 bits per heavy atom. The van der Waals surface area contributed by atoms with Crippen molar-refractivity contribution in [2.75, 3.05) is 6.54 Å². The number of aromatic nitrogens is 2. The van der Waals surface area contributed by atoms with Crippen LogP contribution >= 0.6 is 0 Å².